The number of fused-ring (bicyclic) bond motifs is 1. The zero-order valence-electron chi connectivity index (χ0n) is 40.1. The second-order valence-corrected chi connectivity index (χ2v) is 19.1. The van der Waals surface area contributed by atoms with Gasteiger partial charge in [0.1, 0.15) is 0 Å². The molecule has 8 rings (SSSR count). The summed E-state index contributed by atoms with van der Waals surface area (Å²) >= 11 is 0. The van der Waals surface area contributed by atoms with Crippen LogP contribution in [0.3, 0.4) is 0 Å². The van der Waals surface area contributed by atoms with E-state index in [0.717, 1.165) is 24.8 Å². The van der Waals surface area contributed by atoms with E-state index in [1.165, 1.54) is 99.3 Å². The molecule has 0 aromatic heterocycles. The van der Waals surface area contributed by atoms with Crippen molar-refractivity contribution in [2.75, 3.05) is 0 Å². The third-order valence-corrected chi connectivity index (χ3v) is 14.9. The van der Waals surface area contributed by atoms with E-state index >= 15 is 0 Å². The van der Waals surface area contributed by atoms with Crippen LogP contribution in [0, 0.1) is 38.5 Å². The van der Waals surface area contributed by atoms with Crippen molar-refractivity contribution in [1.29, 1.82) is 0 Å². The molecule has 0 N–H and O–H groups in total. The van der Waals surface area contributed by atoms with Crippen LogP contribution < -0.4 is 16.4 Å². The molecule has 0 fully saturated rings. The van der Waals surface area contributed by atoms with Crippen molar-refractivity contribution in [3.05, 3.63) is 214 Å². The molecule has 0 amide bonds. The first-order valence-electron chi connectivity index (χ1n) is 23.8. The molecule has 0 bridgehead atoms. The van der Waals surface area contributed by atoms with Crippen molar-refractivity contribution in [3.63, 3.8) is 0 Å². The van der Waals surface area contributed by atoms with E-state index in [-0.39, 0.29) is 13.4 Å². The predicted molar refractivity (Wildman–Crippen MR) is 286 cm³/mol. The summed E-state index contributed by atoms with van der Waals surface area (Å²) in [5.41, 5.74) is 24.0. The van der Waals surface area contributed by atoms with Crippen LogP contribution in [0.4, 0.5) is 0 Å². The highest BCUT2D eigenvalue weighted by Gasteiger charge is 2.35. The fraction of sp³-hybridized carbons (Fsp3) is 0.258. The number of hydrogen-bond acceptors (Lipinski definition) is 0. The van der Waals surface area contributed by atoms with Gasteiger partial charge in [0.15, 0.2) is 0 Å². The first-order valence-corrected chi connectivity index (χ1v) is 23.8. The van der Waals surface area contributed by atoms with Gasteiger partial charge < -0.3 is 0 Å². The molecule has 5 aromatic carbocycles. The summed E-state index contributed by atoms with van der Waals surface area (Å²) in [6, 6.07) is 35.1. The summed E-state index contributed by atoms with van der Waals surface area (Å²) in [5.74, 6) is 1.41. The van der Waals surface area contributed by atoms with E-state index in [1.54, 1.807) is 5.47 Å². The standard InChI is InChI=1S/C62H66B2/c1-12-13-14-22-42(4)57-55-28-17-16-27-54(55)49(11)58(50-32-38-53(39-33-50)64(60-43(5)23-19-24-44(60)6)61-45(7)25-20-26-46(61)8)59(57)51-34-36-52(37-35-51)63(56-29-18-15-21-41(56)3)62-47(9)31-30-40(2)48(62)10/h12-14,16-17,19-25,27-40,46,48H,4,15,18,26H2,1-3,5-11H3/b13-12-,22-14-. The van der Waals surface area contributed by atoms with Crippen LogP contribution in [-0.4, -0.2) is 13.4 Å². The summed E-state index contributed by atoms with van der Waals surface area (Å²) in [4.78, 5) is 0. The highest BCUT2D eigenvalue weighted by molar-refractivity contribution is 6.91. The lowest BCUT2D eigenvalue weighted by Crippen LogP contribution is -2.49. The van der Waals surface area contributed by atoms with E-state index in [4.69, 9.17) is 6.58 Å². The van der Waals surface area contributed by atoms with Crippen LogP contribution in [0.1, 0.15) is 90.0 Å². The smallest absolute Gasteiger partial charge is 0.0911 e. The van der Waals surface area contributed by atoms with Gasteiger partial charge in [0.2, 0.25) is 13.4 Å². The molecule has 0 radical (unpaired) electrons. The molecule has 3 aliphatic carbocycles. The topological polar surface area (TPSA) is 0 Å². The lowest BCUT2D eigenvalue weighted by Gasteiger charge is -2.33. The number of rotatable bonds is 11. The Kier molecular flexibility index (Phi) is 13.3. The van der Waals surface area contributed by atoms with Crippen molar-refractivity contribution in [2.45, 2.75) is 88.5 Å². The van der Waals surface area contributed by atoms with Crippen molar-refractivity contribution < 1.29 is 0 Å². The van der Waals surface area contributed by atoms with Crippen molar-refractivity contribution in [3.8, 4) is 22.3 Å². The van der Waals surface area contributed by atoms with E-state index in [2.05, 4.69) is 221 Å². The summed E-state index contributed by atoms with van der Waals surface area (Å²) in [7, 11) is 0. The predicted octanol–water partition coefficient (Wildman–Crippen LogP) is 14.9. The second-order valence-electron chi connectivity index (χ2n) is 19.1. The maximum absolute atomic E-state index is 4.79. The molecule has 0 saturated heterocycles. The normalized spacial score (nSPS) is 18.9. The third kappa shape index (κ3) is 8.45. The lowest BCUT2D eigenvalue weighted by atomic mass is 9.31. The van der Waals surface area contributed by atoms with Crippen LogP contribution in [0.5, 0.6) is 0 Å². The van der Waals surface area contributed by atoms with Crippen LogP contribution in [0.25, 0.3) is 38.6 Å². The summed E-state index contributed by atoms with van der Waals surface area (Å²) in [6.45, 7) is 28.3. The van der Waals surface area contributed by atoms with Gasteiger partial charge in [0, 0.05) is 0 Å². The minimum Gasteiger partial charge on any atom is -0.0911 e. The molecule has 0 spiro atoms. The maximum Gasteiger partial charge on any atom is 0.238 e. The van der Waals surface area contributed by atoms with Gasteiger partial charge in [-0.3, -0.25) is 0 Å². The Morgan fingerprint density at radius 3 is 1.89 bits per heavy atom. The summed E-state index contributed by atoms with van der Waals surface area (Å²) in [6.07, 6.45) is 26.2. The molecule has 0 nitrogen and oxygen atoms in total. The van der Waals surface area contributed by atoms with E-state index in [1.807, 2.05) is 0 Å². The Bertz CT molecular complexity index is 2840. The zero-order valence-corrected chi connectivity index (χ0v) is 40.1. The summed E-state index contributed by atoms with van der Waals surface area (Å²) in [5, 5.41) is 2.49. The Balaban J connectivity index is 1.35. The minimum atomic E-state index is 0.182. The molecule has 3 unspecified atom stereocenters. The van der Waals surface area contributed by atoms with Gasteiger partial charge >= 0.3 is 0 Å². The molecule has 0 saturated carbocycles. The molecule has 3 atom stereocenters. The van der Waals surface area contributed by atoms with Gasteiger partial charge in [-0.05, 0) is 135 Å². The monoisotopic (exact) mass is 833 g/mol. The van der Waals surface area contributed by atoms with Crippen molar-refractivity contribution in [2.24, 2.45) is 17.8 Å². The lowest BCUT2D eigenvalue weighted by molar-refractivity contribution is 0.536. The molecular weight excluding hydrogens is 766 g/mol. The number of aryl methyl sites for hydroxylation is 3. The van der Waals surface area contributed by atoms with Gasteiger partial charge in [0.05, 0.1) is 0 Å². The molecule has 5 aromatic rings. The van der Waals surface area contributed by atoms with Gasteiger partial charge in [-0.25, -0.2) is 0 Å². The van der Waals surface area contributed by atoms with Crippen LogP contribution in [-0.2, 0) is 0 Å². The fourth-order valence-corrected chi connectivity index (χ4v) is 11.4. The average molecular weight is 833 g/mol. The minimum absolute atomic E-state index is 0.182. The molecule has 0 aliphatic heterocycles. The SMILES string of the molecule is C=C(/C=C\C=C/C)c1c(-c2ccc(B(C3=CCCC=C3C)C3=C(C)C=CC(C)C3C)cc2)c(-c2ccc(B(C3=C(C)C=CCC3C)c3c(C)cccc3C)cc2)c(C)c2ccccc12. The molecule has 0 heterocycles. The largest absolute Gasteiger partial charge is 0.238 e. The van der Waals surface area contributed by atoms with E-state index < -0.39 is 0 Å². The number of allylic oxidation sites excluding steroid dienone is 17. The zero-order chi connectivity index (χ0) is 45.2. The van der Waals surface area contributed by atoms with Crippen LogP contribution in [0.15, 0.2) is 191 Å². The Hall–Kier alpha value is -5.85. The van der Waals surface area contributed by atoms with Crippen LogP contribution in [0.2, 0.25) is 0 Å². The quantitative estimate of drug-likeness (QED) is 0.0919. The maximum atomic E-state index is 4.79. The molecule has 64 heavy (non-hydrogen) atoms. The fourth-order valence-electron chi connectivity index (χ4n) is 11.4. The van der Waals surface area contributed by atoms with E-state index in [9.17, 15) is 0 Å². The third-order valence-electron chi connectivity index (χ3n) is 14.9. The van der Waals surface area contributed by atoms with E-state index in [0.29, 0.717) is 17.8 Å². The van der Waals surface area contributed by atoms with Gasteiger partial charge in [-0.1, -0.05) is 240 Å². The summed E-state index contributed by atoms with van der Waals surface area (Å²) < 4.78 is 0. The highest BCUT2D eigenvalue weighted by atomic mass is 14.3. The highest BCUT2D eigenvalue weighted by Crippen LogP contribution is 2.46. The molecule has 2 heteroatoms. The Labute approximate surface area is 386 Å². The first kappa shape index (κ1) is 44.7. The average Bonchev–Trinajstić information content (AvgIpc) is 3.29. The second kappa shape index (κ2) is 19.1. The number of hydrogen-bond donors (Lipinski definition) is 0. The number of benzene rings is 5. The van der Waals surface area contributed by atoms with Gasteiger partial charge in [-0.15, -0.1) is 0 Å². The molecule has 320 valence electrons. The van der Waals surface area contributed by atoms with Gasteiger partial charge in [-0.2, -0.15) is 0 Å². The van der Waals surface area contributed by atoms with Crippen molar-refractivity contribution >= 4 is 46.2 Å². The van der Waals surface area contributed by atoms with Gasteiger partial charge in [0.25, 0.3) is 0 Å². The Morgan fingerprint density at radius 2 is 1.25 bits per heavy atom. The van der Waals surface area contributed by atoms with Crippen LogP contribution >= 0.6 is 0 Å². The molecule has 3 aliphatic rings. The van der Waals surface area contributed by atoms with Crippen molar-refractivity contribution in [1.82, 2.24) is 0 Å². The Morgan fingerprint density at radius 1 is 0.641 bits per heavy atom. The molecular formula is C62H66B2. The first-order chi connectivity index (χ1) is 30.9.